The zero-order valence-electron chi connectivity index (χ0n) is 25.1. The predicted octanol–water partition coefficient (Wildman–Crippen LogP) is 8.69. The Labute approximate surface area is 256 Å². The minimum absolute atomic E-state index is 0.634. The molecule has 4 heteroatoms. The van der Waals surface area contributed by atoms with Crippen molar-refractivity contribution in [3.8, 4) is 22.6 Å². The monoisotopic (exact) mass is 574 g/mol. The lowest BCUT2D eigenvalue weighted by atomic mass is 9.98. The van der Waals surface area contributed by atoms with Crippen molar-refractivity contribution in [1.82, 2.24) is 0 Å². The molecule has 43 heavy (non-hydrogen) atoms. The molecule has 0 spiro atoms. The second kappa shape index (κ2) is 15.7. The van der Waals surface area contributed by atoms with Crippen LogP contribution in [0.15, 0.2) is 111 Å². The Morgan fingerprint density at radius 2 is 0.884 bits per heavy atom. The molecule has 1 aliphatic rings. The summed E-state index contributed by atoms with van der Waals surface area (Å²) in [5.74, 6) is 1.81. The fourth-order valence-corrected chi connectivity index (χ4v) is 5.54. The summed E-state index contributed by atoms with van der Waals surface area (Å²) >= 11 is 0. The lowest BCUT2D eigenvalue weighted by Crippen LogP contribution is -2.01. The summed E-state index contributed by atoms with van der Waals surface area (Å²) in [4.78, 5) is 0. The summed E-state index contributed by atoms with van der Waals surface area (Å²) in [7, 11) is 0. The number of rotatable bonds is 18. The van der Waals surface area contributed by atoms with Crippen LogP contribution in [0, 0.1) is 0 Å². The van der Waals surface area contributed by atoms with Crippen molar-refractivity contribution in [2.24, 2.45) is 0 Å². The third kappa shape index (κ3) is 8.78. The maximum atomic E-state index is 5.80. The van der Waals surface area contributed by atoms with Crippen molar-refractivity contribution < 1.29 is 18.9 Å². The topological polar surface area (TPSA) is 36.9 Å². The third-order valence-electron chi connectivity index (χ3n) is 7.85. The van der Waals surface area contributed by atoms with E-state index in [9.17, 15) is 0 Å². The minimum Gasteiger partial charge on any atom is -0.502 e. The van der Waals surface area contributed by atoms with Crippen molar-refractivity contribution in [3.63, 3.8) is 0 Å². The smallest absolute Gasteiger partial charge is 0.119 e. The number of hydrogen-bond acceptors (Lipinski definition) is 4. The maximum absolute atomic E-state index is 5.80. The molecule has 0 saturated heterocycles. The van der Waals surface area contributed by atoms with Gasteiger partial charge in [0.25, 0.3) is 0 Å². The van der Waals surface area contributed by atoms with Crippen LogP contribution in [0.4, 0.5) is 0 Å². The zero-order chi connectivity index (χ0) is 29.7. The summed E-state index contributed by atoms with van der Waals surface area (Å²) in [5, 5.41) is 0. The van der Waals surface area contributed by atoms with Gasteiger partial charge in [-0.3, -0.25) is 0 Å². The van der Waals surface area contributed by atoms with E-state index >= 15 is 0 Å². The maximum Gasteiger partial charge on any atom is 0.119 e. The van der Waals surface area contributed by atoms with Gasteiger partial charge in [0, 0.05) is 12.8 Å². The average molecular weight is 575 g/mol. The highest BCUT2D eigenvalue weighted by molar-refractivity contribution is 5.77. The average Bonchev–Trinajstić information content (AvgIpc) is 3.41. The lowest BCUT2D eigenvalue weighted by Gasteiger charge is -2.09. The van der Waals surface area contributed by atoms with Gasteiger partial charge in [-0.2, -0.15) is 0 Å². The summed E-state index contributed by atoms with van der Waals surface area (Å²) in [6, 6.07) is 31.0. The molecule has 4 nitrogen and oxygen atoms in total. The quantitative estimate of drug-likeness (QED) is 0.0775. The van der Waals surface area contributed by atoms with Crippen LogP contribution < -0.4 is 9.47 Å². The highest BCUT2D eigenvalue weighted by Crippen LogP contribution is 2.38. The molecule has 0 aromatic heterocycles. The second-order valence-corrected chi connectivity index (χ2v) is 10.9. The first kappa shape index (κ1) is 30.0. The van der Waals surface area contributed by atoms with E-state index in [1.54, 1.807) is 0 Å². The van der Waals surface area contributed by atoms with E-state index in [0.717, 1.165) is 56.4 Å². The second-order valence-electron chi connectivity index (χ2n) is 10.9. The molecule has 0 radical (unpaired) electrons. The molecule has 0 N–H and O–H groups in total. The van der Waals surface area contributed by atoms with Crippen molar-refractivity contribution in [2.75, 3.05) is 26.4 Å². The fourth-order valence-electron chi connectivity index (χ4n) is 5.54. The van der Waals surface area contributed by atoms with Crippen LogP contribution in [0.5, 0.6) is 11.5 Å². The summed E-state index contributed by atoms with van der Waals surface area (Å²) < 4.78 is 21.9. The van der Waals surface area contributed by atoms with Crippen LogP contribution in [-0.2, 0) is 41.6 Å². The van der Waals surface area contributed by atoms with Gasteiger partial charge < -0.3 is 18.9 Å². The first-order valence-electron chi connectivity index (χ1n) is 15.3. The van der Waals surface area contributed by atoms with Crippen molar-refractivity contribution >= 4 is 0 Å². The van der Waals surface area contributed by atoms with E-state index in [0.29, 0.717) is 26.4 Å². The molecule has 1 aliphatic carbocycles. The number of fused-ring (bicyclic) bond motifs is 3. The van der Waals surface area contributed by atoms with Gasteiger partial charge in [0.15, 0.2) is 0 Å². The number of ether oxygens (including phenoxy) is 4. The molecule has 0 unspecified atom stereocenters. The van der Waals surface area contributed by atoms with Crippen LogP contribution in [0.2, 0.25) is 0 Å². The molecule has 0 heterocycles. The SMILES string of the molecule is C=COCCCOc1ccc(CCc2ccc3c(c2)Cc2cc(CCc4ccc(OCCCOC=C)cc4)ccc2-3)cc1. The van der Waals surface area contributed by atoms with Crippen molar-refractivity contribution in [3.05, 3.63) is 144 Å². The van der Waals surface area contributed by atoms with E-state index in [2.05, 4.69) is 98.1 Å². The Hall–Kier alpha value is -4.44. The molecule has 4 aromatic carbocycles. The van der Waals surface area contributed by atoms with E-state index in [4.69, 9.17) is 18.9 Å². The third-order valence-corrected chi connectivity index (χ3v) is 7.85. The Balaban J connectivity index is 1.08. The summed E-state index contributed by atoms with van der Waals surface area (Å²) in [5.41, 5.74) is 11.1. The van der Waals surface area contributed by atoms with E-state index in [-0.39, 0.29) is 0 Å². The predicted molar refractivity (Wildman–Crippen MR) is 175 cm³/mol. The largest absolute Gasteiger partial charge is 0.502 e. The van der Waals surface area contributed by atoms with Gasteiger partial charge in [-0.15, -0.1) is 0 Å². The van der Waals surface area contributed by atoms with Gasteiger partial charge in [-0.1, -0.05) is 73.8 Å². The van der Waals surface area contributed by atoms with Crippen molar-refractivity contribution in [2.45, 2.75) is 44.9 Å². The van der Waals surface area contributed by atoms with Crippen LogP contribution in [0.3, 0.4) is 0 Å². The molecule has 0 fully saturated rings. The standard InChI is InChI=1S/C39H42O4/c1-3-40-23-5-25-42-36-17-11-30(12-18-36)7-9-32-15-21-38-34(27-32)29-35-28-33(16-22-39(35)38)10-8-31-13-19-37(20-14-31)43-26-6-24-41-4-2/h3-4,11-22,27-28H,1-2,5-10,23-26,29H2. The highest BCUT2D eigenvalue weighted by Gasteiger charge is 2.19. The van der Waals surface area contributed by atoms with Crippen LogP contribution in [-0.4, -0.2) is 26.4 Å². The number of benzene rings is 4. The molecule has 0 aliphatic heterocycles. The molecular weight excluding hydrogens is 532 g/mol. The molecule has 0 saturated carbocycles. The normalized spacial score (nSPS) is 11.3. The minimum atomic E-state index is 0.634. The fraction of sp³-hybridized carbons (Fsp3) is 0.282. The molecule has 0 amide bonds. The van der Waals surface area contributed by atoms with Crippen LogP contribution in [0.1, 0.15) is 46.2 Å². The number of hydrogen-bond donors (Lipinski definition) is 0. The Kier molecular flexibility index (Phi) is 11.0. The van der Waals surface area contributed by atoms with Gasteiger partial charge in [0.2, 0.25) is 0 Å². The lowest BCUT2D eigenvalue weighted by molar-refractivity contribution is 0.209. The Morgan fingerprint density at radius 1 is 0.488 bits per heavy atom. The Morgan fingerprint density at radius 3 is 1.30 bits per heavy atom. The van der Waals surface area contributed by atoms with Gasteiger partial charge in [0.1, 0.15) is 11.5 Å². The van der Waals surface area contributed by atoms with E-state index in [1.165, 1.54) is 57.0 Å². The molecule has 0 bridgehead atoms. The molecular formula is C39H42O4. The van der Waals surface area contributed by atoms with Gasteiger partial charge in [-0.05, 0) is 101 Å². The number of aryl methyl sites for hydroxylation is 4. The first-order valence-corrected chi connectivity index (χ1v) is 15.3. The van der Waals surface area contributed by atoms with Crippen LogP contribution >= 0.6 is 0 Å². The molecule has 0 atom stereocenters. The molecule has 222 valence electrons. The van der Waals surface area contributed by atoms with Gasteiger partial charge >= 0.3 is 0 Å². The zero-order valence-corrected chi connectivity index (χ0v) is 25.1. The molecule has 5 rings (SSSR count). The van der Waals surface area contributed by atoms with E-state index < -0.39 is 0 Å². The van der Waals surface area contributed by atoms with Gasteiger partial charge in [0.05, 0.1) is 39.0 Å². The molecule has 4 aromatic rings. The van der Waals surface area contributed by atoms with Crippen LogP contribution in [0.25, 0.3) is 11.1 Å². The highest BCUT2D eigenvalue weighted by atomic mass is 16.5. The first-order chi connectivity index (χ1) is 21.2. The Bertz CT molecular complexity index is 1360. The summed E-state index contributed by atoms with van der Waals surface area (Å²) in [6.45, 7) is 9.66. The van der Waals surface area contributed by atoms with Gasteiger partial charge in [-0.25, -0.2) is 0 Å². The van der Waals surface area contributed by atoms with Crippen molar-refractivity contribution in [1.29, 1.82) is 0 Å². The summed E-state index contributed by atoms with van der Waals surface area (Å²) in [6.07, 6.45) is 9.73. The van der Waals surface area contributed by atoms with E-state index in [1.807, 2.05) is 0 Å².